The Morgan fingerprint density at radius 2 is 1.76 bits per heavy atom. The molecule has 0 aliphatic heterocycles. The van der Waals surface area contributed by atoms with Gasteiger partial charge in [0.15, 0.2) is 0 Å². The smallest absolute Gasteiger partial charge is 0.0648 e. The van der Waals surface area contributed by atoms with Crippen LogP contribution >= 0.6 is 0 Å². The third kappa shape index (κ3) is 8.58. The molecule has 0 aromatic heterocycles. The summed E-state index contributed by atoms with van der Waals surface area (Å²) in [5.74, 6) is 0. The van der Waals surface area contributed by atoms with E-state index in [4.69, 9.17) is 4.74 Å². The molecule has 3 heteroatoms. The van der Waals surface area contributed by atoms with Crippen molar-refractivity contribution in [2.45, 2.75) is 65.1 Å². The van der Waals surface area contributed by atoms with Crippen molar-refractivity contribution in [1.82, 2.24) is 10.2 Å². The maximum atomic E-state index is 5.91. The van der Waals surface area contributed by atoms with Crippen LogP contribution in [0.4, 0.5) is 0 Å². The van der Waals surface area contributed by atoms with Crippen molar-refractivity contribution >= 4 is 0 Å². The lowest BCUT2D eigenvalue weighted by Crippen LogP contribution is -2.43. The lowest BCUT2D eigenvalue weighted by atomic mass is 10.1. The molecule has 0 spiro atoms. The highest BCUT2D eigenvalue weighted by Crippen LogP contribution is 2.12. The van der Waals surface area contributed by atoms with Gasteiger partial charge < -0.3 is 15.0 Å². The number of likely N-dealkylation sites (N-methyl/N-ethyl adjacent to an activating group) is 1. The van der Waals surface area contributed by atoms with Gasteiger partial charge >= 0.3 is 0 Å². The van der Waals surface area contributed by atoms with Crippen LogP contribution in [0.5, 0.6) is 0 Å². The standard InChI is InChI=1S/C14H32N2O/c1-12(2)15-10-8-9-13(3)17-11-14(4,5)16(6)7/h12-13,15H,8-11H2,1-7H3. The van der Waals surface area contributed by atoms with Gasteiger partial charge in [0, 0.05) is 11.6 Å². The molecule has 0 rings (SSSR count). The Morgan fingerprint density at radius 1 is 1.18 bits per heavy atom. The van der Waals surface area contributed by atoms with Crippen LogP contribution < -0.4 is 5.32 Å². The molecule has 1 atom stereocenters. The molecule has 0 saturated carbocycles. The van der Waals surface area contributed by atoms with Crippen molar-refractivity contribution in [3.05, 3.63) is 0 Å². The van der Waals surface area contributed by atoms with Crippen LogP contribution in [-0.2, 0) is 4.74 Å². The van der Waals surface area contributed by atoms with Crippen LogP contribution in [0.2, 0.25) is 0 Å². The van der Waals surface area contributed by atoms with Crippen LogP contribution in [0.3, 0.4) is 0 Å². The molecule has 0 aliphatic rings. The van der Waals surface area contributed by atoms with Crippen molar-refractivity contribution in [2.75, 3.05) is 27.2 Å². The lowest BCUT2D eigenvalue weighted by molar-refractivity contribution is -0.00746. The van der Waals surface area contributed by atoms with E-state index in [0.29, 0.717) is 12.1 Å². The second kappa shape index (κ2) is 8.06. The Balaban J connectivity index is 3.62. The van der Waals surface area contributed by atoms with Gasteiger partial charge in [0.25, 0.3) is 0 Å². The van der Waals surface area contributed by atoms with Crippen molar-refractivity contribution in [1.29, 1.82) is 0 Å². The predicted molar refractivity (Wildman–Crippen MR) is 75.6 cm³/mol. The van der Waals surface area contributed by atoms with E-state index in [9.17, 15) is 0 Å². The van der Waals surface area contributed by atoms with Gasteiger partial charge in [0.1, 0.15) is 0 Å². The van der Waals surface area contributed by atoms with E-state index in [1.165, 1.54) is 6.42 Å². The Hall–Kier alpha value is -0.120. The fourth-order valence-electron chi connectivity index (χ4n) is 1.34. The van der Waals surface area contributed by atoms with E-state index in [1.54, 1.807) is 0 Å². The normalized spacial score (nSPS) is 14.6. The highest BCUT2D eigenvalue weighted by molar-refractivity contribution is 4.76. The first-order chi connectivity index (χ1) is 7.75. The topological polar surface area (TPSA) is 24.5 Å². The quantitative estimate of drug-likeness (QED) is 0.631. The number of ether oxygens (including phenoxy) is 1. The molecule has 1 N–H and O–H groups in total. The van der Waals surface area contributed by atoms with Crippen molar-refractivity contribution in [2.24, 2.45) is 0 Å². The van der Waals surface area contributed by atoms with Gasteiger partial charge in [-0.15, -0.1) is 0 Å². The minimum atomic E-state index is 0.116. The first-order valence-corrected chi connectivity index (χ1v) is 6.78. The molecule has 0 aliphatic carbocycles. The monoisotopic (exact) mass is 244 g/mol. The molecule has 0 amide bonds. The average molecular weight is 244 g/mol. The van der Waals surface area contributed by atoms with Crippen LogP contribution in [0.15, 0.2) is 0 Å². The Bertz CT molecular complexity index is 191. The SMILES string of the molecule is CC(C)NCCCC(C)OCC(C)(C)N(C)C. The average Bonchev–Trinajstić information content (AvgIpc) is 2.21. The van der Waals surface area contributed by atoms with Gasteiger partial charge in [-0.2, -0.15) is 0 Å². The third-order valence-corrected chi connectivity index (χ3v) is 3.27. The zero-order chi connectivity index (χ0) is 13.5. The van der Waals surface area contributed by atoms with Gasteiger partial charge in [-0.1, -0.05) is 13.8 Å². The van der Waals surface area contributed by atoms with E-state index < -0.39 is 0 Å². The van der Waals surface area contributed by atoms with Gasteiger partial charge in [-0.05, 0) is 54.3 Å². The molecule has 0 radical (unpaired) electrons. The van der Waals surface area contributed by atoms with Gasteiger partial charge in [-0.3, -0.25) is 0 Å². The van der Waals surface area contributed by atoms with Crippen molar-refractivity contribution in [3.63, 3.8) is 0 Å². The highest BCUT2D eigenvalue weighted by atomic mass is 16.5. The van der Waals surface area contributed by atoms with Crippen LogP contribution in [0.25, 0.3) is 0 Å². The molecule has 104 valence electrons. The second-order valence-corrected chi connectivity index (χ2v) is 6.08. The first kappa shape index (κ1) is 16.9. The molecule has 0 heterocycles. The zero-order valence-electron chi connectivity index (χ0n) is 12.8. The van der Waals surface area contributed by atoms with Crippen LogP contribution in [0.1, 0.15) is 47.5 Å². The molecule has 0 fully saturated rings. The molecule has 0 aromatic rings. The summed E-state index contributed by atoms with van der Waals surface area (Å²) in [6.45, 7) is 12.8. The van der Waals surface area contributed by atoms with Crippen molar-refractivity contribution < 1.29 is 4.74 Å². The van der Waals surface area contributed by atoms with Crippen LogP contribution in [-0.4, -0.2) is 49.8 Å². The van der Waals surface area contributed by atoms with Gasteiger partial charge in [0.2, 0.25) is 0 Å². The summed E-state index contributed by atoms with van der Waals surface area (Å²) in [7, 11) is 4.20. The molecular weight excluding hydrogens is 212 g/mol. The fourth-order valence-corrected chi connectivity index (χ4v) is 1.34. The first-order valence-electron chi connectivity index (χ1n) is 6.78. The summed E-state index contributed by atoms with van der Waals surface area (Å²) < 4.78 is 5.91. The molecule has 0 aromatic carbocycles. The summed E-state index contributed by atoms with van der Waals surface area (Å²) >= 11 is 0. The summed E-state index contributed by atoms with van der Waals surface area (Å²) in [6.07, 6.45) is 2.66. The summed E-state index contributed by atoms with van der Waals surface area (Å²) in [5.41, 5.74) is 0.116. The van der Waals surface area contributed by atoms with E-state index in [2.05, 4.69) is 58.9 Å². The minimum absolute atomic E-state index is 0.116. The van der Waals surface area contributed by atoms with Crippen LogP contribution in [0, 0.1) is 0 Å². The van der Waals surface area contributed by atoms with E-state index in [-0.39, 0.29) is 5.54 Å². The summed E-state index contributed by atoms with van der Waals surface area (Å²) in [6, 6.07) is 0.582. The Kier molecular flexibility index (Phi) is 8.01. The number of nitrogens with one attached hydrogen (secondary N) is 1. The minimum Gasteiger partial charge on any atom is -0.377 e. The molecule has 0 bridgehead atoms. The maximum absolute atomic E-state index is 5.91. The molecule has 0 saturated heterocycles. The second-order valence-electron chi connectivity index (χ2n) is 6.08. The molecule has 17 heavy (non-hydrogen) atoms. The van der Waals surface area contributed by atoms with Crippen molar-refractivity contribution in [3.8, 4) is 0 Å². The van der Waals surface area contributed by atoms with E-state index >= 15 is 0 Å². The maximum Gasteiger partial charge on any atom is 0.0648 e. The third-order valence-electron chi connectivity index (χ3n) is 3.27. The lowest BCUT2D eigenvalue weighted by Gasteiger charge is -2.33. The molecular formula is C14H32N2O. The predicted octanol–water partition coefficient (Wildman–Crippen LogP) is 2.51. The largest absolute Gasteiger partial charge is 0.377 e. The molecule has 3 nitrogen and oxygen atoms in total. The fraction of sp³-hybridized carbons (Fsp3) is 1.00. The zero-order valence-corrected chi connectivity index (χ0v) is 12.8. The number of hydrogen-bond donors (Lipinski definition) is 1. The Morgan fingerprint density at radius 3 is 2.24 bits per heavy atom. The number of nitrogens with zero attached hydrogens (tertiary/aromatic N) is 1. The summed E-state index contributed by atoms with van der Waals surface area (Å²) in [4.78, 5) is 2.21. The van der Waals surface area contributed by atoms with E-state index in [1.807, 2.05) is 0 Å². The Labute approximate surface area is 108 Å². The highest BCUT2D eigenvalue weighted by Gasteiger charge is 2.21. The molecule has 1 unspecified atom stereocenters. The van der Waals surface area contributed by atoms with Gasteiger partial charge in [-0.25, -0.2) is 0 Å². The number of hydrogen-bond acceptors (Lipinski definition) is 3. The van der Waals surface area contributed by atoms with E-state index in [0.717, 1.165) is 19.6 Å². The van der Waals surface area contributed by atoms with Gasteiger partial charge in [0.05, 0.1) is 12.7 Å². The number of rotatable bonds is 9. The summed E-state index contributed by atoms with van der Waals surface area (Å²) in [5, 5.41) is 3.43.